The number of aromatic nitrogens is 2. The number of halogens is 1. The van der Waals surface area contributed by atoms with E-state index in [1.54, 1.807) is 6.20 Å². The van der Waals surface area contributed by atoms with E-state index in [4.69, 9.17) is 0 Å². The van der Waals surface area contributed by atoms with Gasteiger partial charge < -0.3 is 5.32 Å². The minimum Gasteiger partial charge on any atom is -0.340 e. The van der Waals surface area contributed by atoms with Gasteiger partial charge in [-0.15, -0.1) is 0 Å². The molecule has 1 aromatic heterocycles. The first-order chi connectivity index (χ1) is 6.36. The molecule has 13 heavy (non-hydrogen) atoms. The number of nitrogens with zero attached hydrogens (tertiary/aromatic N) is 1. The Bertz CT molecular complexity index is 383. The number of hydrogen-bond acceptors (Lipinski definition) is 2. The highest BCUT2D eigenvalue weighted by Gasteiger charge is 2.00. The molecule has 0 saturated carbocycles. The molecule has 2 rings (SSSR count). The van der Waals surface area contributed by atoms with Crippen LogP contribution in [0.2, 0.25) is 0 Å². The van der Waals surface area contributed by atoms with E-state index in [0.29, 0.717) is 0 Å². The molecule has 2 aromatic rings. The number of para-hydroxylation sites is 1. The lowest BCUT2D eigenvalue weighted by Crippen LogP contribution is -1.90. The van der Waals surface area contributed by atoms with Crippen LogP contribution >= 0.6 is 15.9 Å². The molecule has 66 valence electrons. The van der Waals surface area contributed by atoms with E-state index >= 15 is 0 Å². The predicted octanol–water partition coefficient (Wildman–Crippen LogP) is 2.92. The highest BCUT2D eigenvalue weighted by atomic mass is 79.9. The monoisotopic (exact) mass is 237 g/mol. The van der Waals surface area contributed by atoms with Gasteiger partial charge in [0.2, 0.25) is 0 Å². The maximum absolute atomic E-state index is 3.88. The van der Waals surface area contributed by atoms with Crippen molar-refractivity contribution in [1.29, 1.82) is 0 Å². The zero-order chi connectivity index (χ0) is 9.10. The van der Waals surface area contributed by atoms with Gasteiger partial charge in [-0.25, -0.2) is 0 Å². The zero-order valence-corrected chi connectivity index (χ0v) is 8.38. The van der Waals surface area contributed by atoms with Crippen molar-refractivity contribution in [3.63, 3.8) is 0 Å². The van der Waals surface area contributed by atoms with E-state index in [1.807, 2.05) is 30.3 Å². The second-order valence-corrected chi connectivity index (χ2v) is 3.44. The van der Waals surface area contributed by atoms with Crippen molar-refractivity contribution in [3.8, 4) is 0 Å². The first-order valence-electron chi connectivity index (χ1n) is 3.87. The van der Waals surface area contributed by atoms with Crippen molar-refractivity contribution >= 4 is 27.4 Å². The van der Waals surface area contributed by atoms with Gasteiger partial charge in [0, 0.05) is 5.69 Å². The summed E-state index contributed by atoms with van der Waals surface area (Å²) in [7, 11) is 0. The van der Waals surface area contributed by atoms with E-state index in [1.165, 1.54) is 0 Å². The molecule has 0 spiro atoms. The van der Waals surface area contributed by atoms with E-state index in [2.05, 4.69) is 31.4 Å². The molecule has 0 saturated heterocycles. The van der Waals surface area contributed by atoms with Gasteiger partial charge in [0.25, 0.3) is 0 Å². The van der Waals surface area contributed by atoms with Crippen LogP contribution in [-0.2, 0) is 0 Å². The van der Waals surface area contributed by atoms with Crippen molar-refractivity contribution in [2.45, 2.75) is 0 Å². The molecular weight excluding hydrogens is 230 g/mol. The Morgan fingerprint density at radius 1 is 1.23 bits per heavy atom. The fraction of sp³-hybridized carbons (Fsp3) is 0. The fourth-order valence-corrected chi connectivity index (χ4v) is 1.32. The third kappa shape index (κ3) is 1.89. The van der Waals surface area contributed by atoms with Gasteiger partial charge in [0.1, 0.15) is 5.82 Å². The van der Waals surface area contributed by atoms with Gasteiger partial charge >= 0.3 is 0 Å². The average Bonchev–Trinajstić information content (AvgIpc) is 2.54. The van der Waals surface area contributed by atoms with Crippen molar-refractivity contribution in [1.82, 2.24) is 10.2 Å². The molecule has 2 N–H and O–H groups in total. The lowest BCUT2D eigenvalue weighted by molar-refractivity contribution is 1.09. The zero-order valence-electron chi connectivity index (χ0n) is 6.79. The molecule has 0 fully saturated rings. The van der Waals surface area contributed by atoms with Crippen molar-refractivity contribution in [2.24, 2.45) is 0 Å². The summed E-state index contributed by atoms with van der Waals surface area (Å²) in [6, 6.07) is 9.92. The summed E-state index contributed by atoms with van der Waals surface area (Å²) in [4.78, 5) is 0. The molecule has 1 heterocycles. The van der Waals surface area contributed by atoms with Crippen molar-refractivity contribution in [3.05, 3.63) is 41.0 Å². The molecule has 0 aliphatic rings. The number of hydrogen-bond donors (Lipinski definition) is 2. The summed E-state index contributed by atoms with van der Waals surface area (Å²) >= 11 is 3.37. The summed E-state index contributed by atoms with van der Waals surface area (Å²) in [6.07, 6.45) is 1.71. The summed E-state index contributed by atoms with van der Waals surface area (Å²) in [5, 5.41) is 9.92. The number of aromatic amines is 1. The molecule has 0 atom stereocenters. The van der Waals surface area contributed by atoms with Gasteiger partial charge in [-0.3, -0.25) is 5.10 Å². The highest BCUT2D eigenvalue weighted by Crippen LogP contribution is 2.21. The molecule has 3 nitrogen and oxygen atoms in total. The number of nitrogens with one attached hydrogen (secondary N) is 2. The summed E-state index contributed by atoms with van der Waals surface area (Å²) in [5.74, 6) is 0.867. The molecule has 0 amide bonds. The predicted molar refractivity (Wildman–Crippen MR) is 56.0 cm³/mol. The molecular formula is C9H8BrN3. The molecule has 0 bridgehead atoms. The van der Waals surface area contributed by atoms with Crippen LogP contribution < -0.4 is 5.32 Å². The fourth-order valence-electron chi connectivity index (χ4n) is 1.02. The Kier molecular flexibility index (Phi) is 2.31. The second-order valence-electron chi connectivity index (χ2n) is 2.58. The Balaban J connectivity index is 2.20. The first kappa shape index (κ1) is 8.31. The van der Waals surface area contributed by atoms with Crippen LogP contribution in [0, 0.1) is 0 Å². The van der Waals surface area contributed by atoms with Gasteiger partial charge in [-0.2, -0.15) is 5.10 Å². The van der Waals surface area contributed by atoms with Gasteiger partial charge in [0.05, 0.1) is 10.7 Å². The van der Waals surface area contributed by atoms with E-state index in [9.17, 15) is 0 Å². The van der Waals surface area contributed by atoms with Crippen LogP contribution in [0.25, 0.3) is 0 Å². The normalized spacial score (nSPS) is 9.92. The molecule has 4 heteroatoms. The number of anilines is 2. The Labute approximate surface area is 84.3 Å². The lowest BCUT2D eigenvalue weighted by Gasteiger charge is -2.02. The van der Waals surface area contributed by atoms with Crippen LogP contribution in [0.4, 0.5) is 11.5 Å². The van der Waals surface area contributed by atoms with Gasteiger partial charge in [-0.1, -0.05) is 18.2 Å². The summed E-state index contributed by atoms with van der Waals surface area (Å²) in [5.41, 5.74) is 1.03. The van der Waals surface area contributed by atoms with Crippen LogP contribution in [0.5, 0.6) is 0 Å². The van der Waals surface area contributed by atoms with E-state index < -0.39 is 0 Å². The molecule has 0 aliphatic heterocycles. The third-order valence-electron chi connectivity index (χ3n) is 1.64. The van der Waals surface area contributed by atoms with Crippen molar-refractivity contribution in [2.75, 3.05) is 5.32 Å². The number of benzene rings is 1. The Morgan fingerprint density at radius 3 is 2.62 bits per heavy atom. The smallest absolute Gasteiger partial charge is 0.140 e. The average molecular weight is 238 g/mol. The van der Waals surface area contributed by atoms with Crippen LogP contribution in [-0.4, -0.2) is 10.2 Å². The Morgan fingerprint density at radius 2 is 2.00 bits per heavy atom. The lowest BCUT2D eigenvalue weighted by atomic mass is 10.3. The van der Waals surface area contributed by atoms with Crippen LogP contribution in [0.1, 0.15) is 0 Å². The second kappa shape index (κ2) is 3.62. The first-order valence-corrected chi connectivity index (χ1v) is 4.66. The quantitative estimate of drug-likeness (QED) is 0.844. The van der Waals surface area contributed by atoms with Crippen molar-refractivity contribution < 1.29 is 0 Å². The summed E-state index contributed by atoms with van der Waals surface area (Å²) < 4.78 is 0.927. The maximum Gasteiger partial charge on any atom is 0.140 e. The minimum absolute atomic E-state index is 0.867. The Hall–Kier alpha value is -1.29. The topological polar surface area (TPSA) is 40.7 Å². The largest absolute Gasteiger partial charge is 0.340 e. The maximum atomic E-state index is 3.88. The number of rotatable bonds is 2. The van der Waals surface area contributed by atoms with E-state index in [-0.39, 0.29) is 0 Å². The highest BCUT2D eigenvalue weighted by molar-refractivity contribution is 9.10. The van der Waals surface area contributed by atoms with Crippen LogP contribution in [0.15, 0.2) is 41.0 Å². The summed E-state index contributed by atoms with van der Waals surface area (Å²) in [6.45, 7) is 0. The molecule has 0 aliphatic carbocycles. The standard InChI is InChI=1S/C9H8BrN3/c10-8-6-11-13-9(8)12-7-4-2-1-3-5-7/h1-6H,(H2,11,12,13). The van der Waals surface area contributed by atoms with Gasteiger partial charge in [-0.05, 0) is 28.1 Å². The number of H-pyrrole nitrogens is 1. The SMILES string of the molecule is Brc1cn[nH]c1Nc1ccccc1. The van der Waals surface area contributed by atoms with Crippen LogP contribution in [0.3, 0.4) is 0 Å². The molecule has 0 radical (unpaired) electrons. The third-order valence-corrected chi connectivity index (χ3v) is 2.24. The molecule has 1 aromatic carbocycles. The van der Waals surface area contributed by atoms with Gasteiger partial charge in [0.15, 0.2) is 0 Å². The van der Waals surface area contributed by atoms with E-state index in [0.717, 1.165) is 16.0 Å². The minimum atomic E-state index is 0.867. The molecule has 0 unspecified atom stereocenters.